The van der Waals surface area contributed by atoms with Gasteiger partial charge in [0.05, 0.1) is 11.3 Å². The molecule has 9 nitrogen and oxygen atoms in total. The Morgan fingerprint density at radius 1 is 1.16 bits per heavy atom. The number of hydrogen-bond donors (Lipinski definition) is 2. The van der Waals surface area contributed by atoms with Crippen molar-refractivity contribution in [3.8, 4) is 11.1 Å². The van der Waals surface area contributed by atoms with E-state index in [-0.39, 0.29) is 11.5 Å². The second kappa shape index (κ2) is 10.7. The molecule has 0 atom stereocenters. The molecule has 0 saturated heterocycles. The number of fused-ring (bicyclic) bond motifs is 1. The molecule has 1 aliphatic carbocycles. The Bertz CT molecular complexity index is 1530. The molecule has 38 heavy (non-hydrogen) atoms. The molecule has 9 heteroatoms. The number of carbonyl (C=O) groups excluding carboxylic acids is 1. The van der Waals surface area contributed by atoms with Crippen LogP contribution in [0, 0.1) is 19.8 Å². The molecule has 1 saturated carbocycles. The van der Waals surface area contributed by atoms with E-state index in [0.29, 0.717) is 40.5 Å². The number of aromatic nitrogens is 4. The highest BCUT2D eigenvalue weighted by Gasteiger charge is 2.19. The van der Waals surface area contributed by atoms with Crippen LogP contribution in [0.5, 0.6) is 0 Å². The van der Waals surface area contributed by atoms with Gasteiger partial charge in [0, 0.05) is 31.4 Å². The van der Waals surface area contributed by atoms with Gasteiger partial charge in [-0.3, -0.25) is 9.59 Å². The SMILES string of the molecule is COn1c(=O)c(-c2c(C)cccc2C)cc2cnc(Nc3cc(C(=O)NCCC4CCCC4)n(C)c3)nc21. The zero-order valence-corrected chi connectivity index (χ0v) is 22.4. The second-order valence-corrected chi connectivity index (χ2v) is 10.1. The summed E-state index contributed by atoms with van der Waals surface area (Å²) in [7, 11) is 3.27. The lowest BCUT2D eigenvalue weighted by Crippen LogP contribution is -2.27. The highest BCUT2D eigenvalue weighted by molar-refractivity contribution is 5.94. The lowest BCUT2D eigenvalue weighted by molar-refractivity contribution is 0.0943. The first kappa shape index (κ1) is 25.5. The molecule has 2 N–H and O–H groups in total. The van der Waals surface area contributed by atoms with Gasteiger partial charge in [-0.05, 0) is 55.0 Å². The van der Waals surface area contributed by atoms with E-state index in [1.807, 2.05) is 51.4 Å². The fourth-order valence-corrected chi connectivity index (χ4v) is 5.48. The number of carbonyl (C=O) groups is 1. The Hall–Kier alpha value is -4.14. The smallest absolute Gasteiger partial charge is 0.292 e. The minimum Gasteiger partial charge on any atom is -0.412 e. The number of aryl methyl sites for hydroxylation is 3. The summed E-state index contributed by atoms with van der Waals surface area (Å²) in [6.45, 7) is 4.65. The van der Waals surface area contributed by atoms with E-state index in [4.69, 9.17) is 4.84 Å². The van der Waals surface area contributed by atoms with Crippen LogP contribution in [0.1, 0.15) is 53.7 Å². The van der Waals surface area contributed by atoms with E-state index in [2.05, 4.69) is 20.6 Å². The minimum atomic E-state index is -0.293. The number of anilines is 2. The molecule has 0 aliphatic heterocycles. The lowest BCUT2D eigenvalue weighted by Gasteiger charge is -2.14. The number of hydrogen-bond acceptors (Lipinski definition) is 6. The van der Waals surface area contributed by atoms with Crippen LogP contribution in [0.4, 0.5) is 11.6 Å². The van der Waals surface area contributed by atoms with Crippen molar-refractivity contribution in [2.75, 3.05) is 19.0 Å². The maximum atomic E-state index is 13.4. The third-order valence-corrected chi connectivity index (χ3v) is 7.44. The summed E-state index contributed by atoms with van der Waals surface area (Å²) in [6, 6.07) is 9.52. The molecule has 198 valence electrons. The highest BCUT2D eigenvalue weighted by atomic mass is 16.6. The second-order valence-electron chi connectivity index (χ2n) is 10.1. The fourth-order valence-electron chi connectivity index (χ4n) is 5.48. The van der Waals surface area contributed by atoms with E-state index in [0.717, 1.165) is 29.0 Å². The highest BCUT2D eigenvalue weighted by Crippen LogP contribution is 2.28. The van der Waals surface area contributed by atoms with Gasteiger partial charge >= 0.3 is 0 Å². The molecule has 0 unspecified atom stereocenters. The van der Waals surface area contributed by atoms with Crippen LogP contribution in [0.2, 0.25) is 0 Å². The topological polar surface area (TPSA) is 103 Å². The van der Waals surface area contributed by atoms with Gasteiger partial charge in [0.25, 0.3) is 11.5 Å². The van der Waals surface area contributed by atoms with Crippen molar-refractivity contribution in [2.45, 2.75) is 46.0 Å². The summed E-state index contributed by atoms with van der Waals surface area (Å²) in [6.07, 6.45) is 9.64. The molecule has 1 amide bonds. The summed E-state index contributed by atoms with van der Waals surface area (Å²) in [5.41, 5.74) is 4.70. The van der Waals surface area contributed by atoms with Gasteiger partial charge in [-0.15, -0.1) is 4.73 Å². The number of benzene rings is 1. The van der Waals surface area contributed by atoms with Gasteiger partial charge in [0.15, 0.2) is 5.65 Å². The van der Waals surface area contributed by atoms with Gasteiger partial charge < -0.3 is 20.0 Å². The largest absolute Gasteiger partial charge is 0.412 e. The summed E-state index contributed by atoms with van der Waals surface area (Å²) >= 11 is 0. The van der Waals surface area contributed by atoms with E-state index < -0.39 is 0 Å². The Kier molecular flexibility index (Phi) is 7.18. The summed E-state index contributed by atoms with van der Waals surface area (Å²) < 4.78 is 2.97. The first-order valence-corrected chi connectivity index (χ1v) is 13.1. The molecule has 0 spiro atoms. The van der Waals surface area contributed by atoms with E-state index >= 15 is 0 Å². The van der Waals surface area contributed by atoms with Crippen LogP contribution >= 0.6 is 0 Å². The molecule has 3 aromatic heterocycles. The van der Waals surface area contributed by atoms with Crippen molar-refractivity contribution in [1.29, 1.82) is 0 Å². The third kappa shape index (κ3) is 5.01. The fraction of sp³-hybridized carbons (Fsp3) is 0.379. The Balaban J connectivity index is 1.38. The van der Waals surface area contributed by atoms with Gasteiger partial charge in [0.2, 0.25) is 5.95 Å². The zero-order valence-electron chi connectivity index (χ0n) is 22.4. The maximum Gasteiger partial charge on any atom is 0.292 e. The monoisotopic (exact) mass is 514 g/mol. The molecular formula is C29H34N6O3. The van der Waals surface area contributed by atoms with Crippen molar-refractivity contribution in [2.24, 2.45) is 13.0 Å². The minimum absolute atomic E-state index is 0.106. The van der Waals surface area contributed by atoms with Crippen molar-refractivity contribution in [3.05, 3.63) is 69.9 Å². The molecule has 1 fully saturated rings. The molecule has 1 aromatic carbocycles. The van der Waals surface area contributed by atoms with Crippen LogP contribution < -0.4 is 21.0 Å². The summed E-state index contributed by atoms with van der Waals surface area (Å²) in [4.78, 5) is 40.6. The van der Waals surface area contributed by atoms with Gasteiger partial charge in [-0.1, -0.05) is 43.9 Å². The van der Waals surface area contributed by atoms with Crippen molar-refractivity contribution >= 4 is 28.6 Å². The first-order valence-electron chi connectivity index (χ1n) is 13.1. The molecule has 0 bridgehead atoms. The Morgan fingerprint density at radius 3 is 2.61 bits per heavy atom. The lowest BCUT2D eigenvalue weighted by atomic mass is 9.96. The van der Waals surface area contributed by atoms with Crippen LogP contribution in [-0.4, -0.2) is 38.8 Å². The van der Waals surface area contributed by atoms with E-state index in [9.17, 15) is 9.59 Å². The summed E-state index contributed by atoms with van der Waals surface area (Å²) in [5, 5.41) is 6.87. The normalized spacial score (nSPS) is 13.7. The Labute approximate surface area is 221 Å². The molecular weight excluding hydrogens is 480 g/mol. The van der Waals surface area contributed by atoms with Crippen LogP contribution in [0.15, 0.2) is 47.5 Å². The molecule has 3 heterocycles. The molecule has 5 rings (SSSR count). The van der Waals surface area contributed by atoms with Gasteiger partial charge in [0.1, 0.15) is 12.8 Å². The molecule has 4 aromatic rings. The predicted molar refractivity (Wildman–Crippen MR) is 149 cm³/mol. The van der Waals surface area contributed by atoms with Crippen LogP contribution in [0.3, 0.4) is 0 Å². The predicted octanol–water partition coefficient (Wildman–Crippen LogP) is 4.53. The van der Waals surface area contributed by atoms with E-state index in [1.165, 1.54) is 37.5 Å². The molecule has 1 aliphatic rings. The third-order valence-electron chi connectivity index (χ3n) is 7.44. The standard InChI is InChI=1S/C29H34N6O3/c1-18-8-7-9-19(2)25(18)23-14-21-16-31-29(33-26(21)35(38-4)28(23)37)32-22-15-24(34(3)17-22)27(36)30-13-12-20-10-5-6-11-20/h7-9,14-17,20H,5-6,10-13H2,1-4H3,(H,30,36)(H,31,32,33). The van der Waals surface area contributed by atoms with Crippen molar-refractivity contribution in [3.63, 3.8) is 0 Å². The maximum absolute atomic E-state index is 13.4. The number of nitrogens with one attached hydrogen (secondary N) is 2. The van der Waals surface area contributed by atoms with E-state index in [1.54, 1.807) is 16.8 Å². The zero-order chi connectivity index (χ0) is 26.8. The summed E-state index contributed by atoms with van der Waals surface area (Å²) in [5.74, 6) is 0.916. The van der Waals surface area contributed by atoms with Crippen molar-refractivity contribution in [1.82, 2.24) is 24.6 Å². The average molecular weight is 515 g/mol. The number of pyridine rings is 1. The van der Waals surface area contributed by atoms with Gasteiger partial charge in [-0.2, -0.15) is 4.98 Å². The quantitative estimate of drug-likeness (QED) is 0.358. The molecule has 0 radical (unpaired) electrons. The Morgan fingerprint density at radius 2 is 1.89 bits per heavy atom. The van der Waals surface area contributed by atoms with Crippen LogP contribution in [0.25, 0.3) is 22.2 Å². The average Bonchev–Trinajstić information content (AvgIpc) is 3.54. The number of amides is 1. The first-order chi connectivity index (χ1) is 18.4. The number of nitrogens with zero attached hydrogens (tertiary/aromatic N) is 4. The van der Waals surface area contributed by atoms with Crippen molar-refractivity contribution < 1.29 is 9.63 Å². The number of rotatable bonds is 8. The van der Waals surface area contributed by atoms with Gasteiger partial charge in [-0.25, -0.2) is 4.98 Å². The van der Waals surface area contributed by atoms with Crippen LogP contribution in [-0.2, 0) is 7.05 Å².